The Morgan fingerprint density at radius 1 is 0.966 bits per heavy atom. The van der Waals surface area contributed by atoms with Crippen molar-refractivity contribution < 1.29 is 23.8 Å². The van der Waals surface area contributed by atoms with Gasteiger partial charge < -0.3 is 19.5 Å². The lowest BCUT2D eigenvalue weighted by Crippen LogP contribution is -2.30. The highest BCUT2D eigenvalue weighted by atomic mass is 16.5. The summed E-state index contributed by atoms with van der Waals surface area (Å²) in [5, 5.41) is 2.85. The highest BCUT2D eigenvalue weighted by Gasteiger charge is 2.19. The first-order chi connectivity index (χ1) is 13.8. The van der Waals surface area contributed by atoms with E-state index < -0.39 is 12.1 Å². The van der Waals surface area contributed by atoms with Crippen LogP contribution in [0.5, 0.6) is 11.5 Å². The van der Waals surface area contributed by atoms with E-state index in [-0.39, 0.29) is 18.2 Å². The van der Waals surface area contributed by atoms with E-state index in [0.29, 0.717) is 17.9 Å². The smallest absolute Gasteiger partial charge is 0.306 e. The van der Waals surface area contributed by atoms with Crippen LogP contribution in [0.3, 0.4) is 0 Å². The fourth-order valence-electron chi connectivity index (χ4n) is 2.94. The van der Waals surface area contributed by atoms with Crippen LogP contribution in [0.15, 0.2) is 42.5 Å². The van der Waals surface area contributed by atoms with Gasteiger partial charge in [0, 0.05) is 12.1 Å². The van der Waals surface area contributed by atoms with Crippen LogP contribution >= 0.6 is 0 Å². The lowest BCUT2D eigenvalue weighted by atomic mass is 10.0. The summed E-state index contributed by atoms with van der Waals surface area (Å²) in [7, 11) is 3.13. The van der Waals surface area contributed by atoms with Crippen molar-refractivity contribution in [1.82, 2.24) is 0 Å². The van der Waals surface area contributed by atoms with Gasteiger partial charge in [-0.2, -0.15) is 0 Å². The summed E-state index contributed by atoms with van der Waals surface area (Å²) in [6, 6.07) is 13.1. The zero-order valence-electron chi connectivity index (χ0n) is 17.7. The Balaban J connectivity index is 1.89. The monoisotopic (exact) mass is 399 g/mol. The summed E-state index contributed by atoms with van der Waals surface area (Å²) in [6.07, 6.45) is -0.243. The molecule has 0 saturated carbocycles. The molecule has 0 saturated heterocycles. The molecule has 1 atom stereocenters. The number of anilines is 1. The van der Waals surface area contributed by atoms with Gasteiger partial charge in [0.05, 0.1) is 14.2 Å². The molecule has 0 aliphatic carbocycles. The number of ether oxygens (including phenoxy) is 3. The molecule has 0 spiro atoms. The van der Waals surface area contributed by atoms with Gasteiger partial charge in [-0.15, -0.1) is 0 Å². The van der Waals surface area contributed by atoms with Crippen LogP contribution in [-0.4, -0.2) is 32.2 Å². The summed E-state index contributed by atoms with van der Waals surface area (Å²) in [5.74, 6) is 0.726. The predicted octanol–water partition coefficient (Wildman–Crippen LogP) is 4.33. The third-order valence-electron chi connectivity index (χ3n) is 4.58. The minimum Gasteiger partial charge on any atom is -0.493 e. The molecule has 0 aliphatic heterocycles. The number of amides is 1. The zero-order chi connectivity index (χ0) is 21.4. The van der Waals surface area contributed by atoms with Gasteiger partial charge in [-0.05, 0) is 48.6 Å². The summed E-state index contributed by atoms with van der Waals surface area (Å²) >= 11 is 0. The fraction of sp³-hybridized carbons (Fsp3) is 0.391. The van der Waals surface area contributed by atoms with Gasteiger partial charge in [-0.3, -0.25) is 9.59 Å². The van der Waals surface area contributed by atoms with E-state index in [1.54, 1.807) is 27.2 Å². The van der Waals surface area contributed by atoms with E-state index in [2.05, 4.69) is 19.2 Å². The summed E-state index contributed by atoms with van der Waals surface area (Å²) in [6.45, 7) is 5.69. The number of benzene rings is 2. The molecule has 0 unspecified atom stereocenters. The maximum absolute atomic E-state index is 12.4. The number of para-hydroxylation sites is 1. The topological polar surface area (TPSA) is 73.9 Å². The van der Waals surface area contributed by atoms with Crippen molar-refractivity contribution in [2.75, 3.05) is 19.5 Å². The van der Waals surface area contributed by atoms with Crippen LogP contribution in [0, 0.1) is 0 Å². The number of methoxy groups -OCH3 is 2. The summed E-state index contributed by atoms with van der Waals surface area (Å²) in [5.41, 5.74) is 2.69. The molecule has 0 bridgehead atoms. The molecule has 0 aliphatic rings. The van der Waals surface area contributed by atoms with E-state index >= 15 is 0 Å². The normalized spacial score (nSPS) is 11.7. The minimum absolute atomic E-state index is 0.162. The van der Waals surface area contributed by atoms with Gasteiger partial charge in [0.25, 0.3) is 5.91 Å². The maximum Gasteiger partial charge on any atom is 0.306 e. The number of hydrogen-bond donors (Lipinski definition) is 1. The number of nitrogens with one attached hydrogen (secondary N) is 1. The van der Waals surface area contributed by atoms with E-state index in [1.165, 1.54) is 0 Å². The molecule has 0 heterocycles. The number of carbonyl (C=O) groups excluding carboxylic acids is 2. The highest BCUT2D eigenvalue weighted by molar-refractivity contribution is 5.95. The van der Waals surface area contributed by atoms with Crippen molar-refractivity contribution in [2.45, 2.75) is 45.6 Å². The van der Waals surface area contributed by atoms with Crippen LogP contribution in [0.25, 0.3) is 0 Å². The Bertz CT molecular complexity index is 847. The molecule has 29 heavy (non-hydrogen) atoms. The summed E-state index contributed by atoms with van der Waals surface area (Å²) < 4.78 is 15.8. The second kappa shape index (κ2) is 10.5. The molecule has 1 N–H and O–H groups in total. The zero-order valence-corrected chi connectivity index (χ0v) is 17.7. The fourth-order valence-corrected chi connectivity index (χ4v) is 2.94. The van der Waals surface area contributed by atoms with E-state index in [4.69, 9.17) is 14.2 Å². The predicted molar refractivity (Wildman–Crippen MR) is 113 cm³/mol. The van der Waals surface area contributed by atoms with E-state index in [0.717, 1.165) is 16.8 Å². The van der Waals surface area contributed by atoms with Gasteiger partial charge in [0.15, 0.2) is 17.6 Å². The second-order valence-corrected chi connectivity index (χ2v) is 7.05. The molecule has 2 aromatic carbocycles. The quantitative estimate of drug-likeness (QED) is 0.635. The van der Waals surface area contributed by atoms with Gasteiger partial charge in [-0.1, -0.05) is 38.1 Å². The van der Waals surface area contributed by atoms with Crippen LogP contribution < -0.4 is 14.8 Å². The lowest BCUT2D eigenvalue weighted by molar-refractivity contribution is -0.153. The number of carbonyl (C=O) groups is 2. The summed E-state index contributed by atoms with van der Waals surface area (Å²) in [4.78, 5) is 24.6. The second-order valence-electron chi connectivity index (χ2n) is 7.05. The van der Waals surface area contributed by atoms with Crippen LogP contribution in [0.2, 0.25) is 0 Å². The first-order valence-corrected chi connectivity index (χ1v) is 9.65. The van der Waals surface area contributed by atoms with Crippen molar-refractivity contribution in [1.29, 1.82) is 0 Å². The Kier molecular flexibility index (Phi) is 8.07. The average Bonchev–Trinajstić information content (AvgIpc) is 2.72. The van der Waals surface area contributed by atoms with E-state index in [9.17, 15) is 9.59 Å². The van der Waals surface area contributed by atoms with E-state index in [1.807, 2.05) is 36.4 Å². The van der Waals surface area contributed by atoms with Crippen molar-refractivity contribution in [3.8, 4) is 11.5 Å². The van der Waals surface area contributed by atoms with Crippen molar-refractivity contribution >= 4 is 17.6 Å². The lowest BCUT2D eigenvalue weighted by Gasteiger charge is -2.17. The van der Waals surface area contributed by atoms with Crippen molar-refractivity contribution in [3.05, 3.63) is 53.6 Å². The molecule has 0 aromatic heterocycles. The number of rotatable bonds is 9. The molecule has 6 heteroatoms. The maximum atomic E-state index is 12.4. The van der Waals surface area contributed by atoms with Gasteiger partial charge >= 0.3 is 5.97 Å². The molecule has 6 nitrogen and oxygen atoms in total. The number of hydrogen-bond acceptors (Lipinski definition) is 5. The van der Waals surface area contributed by atoms with Gasteiger partial charge in [0.1, 0.15) is 0 Å². The molecule has 2 aromatic rings. The molecule has 2 rings (SSSR count). The standard InChI is InChI=1S/C23H29NO5/c1-15(2)18-8-6-7-9-19(18)24-23(26)16(3)29-22(25)13-11-17-10-12-20(27-4)21(14-17)28-5/h6-10,12,14-16H,11,13H2,1-5H3,(H,24,26)/t16-/m0/s1. The molecule has 0 radical (unpaired) electrons. The molecule has 0 fully saturated rings. The Morgan fingerprint density at radius 3 is 2.31 bits per heavy atom. The van der Waals surface area contributed by atoms with Gasteiger partial charge in [-0.25, -0.2) is 0 Å². The third kappa shape index (κ3) is 6.24. The van der Waals surface area contributed by atoms with Crippen molar-refractivity contribution in [3.63, 3.8) is 0 Å². The Labute approximate surface area is 172 Å². The minimum atomic E-state index is -0.881. The first-order valence-electron chi connectivity index (χ1n) is 9.65. The average molecular weight is 399 g/mol. The third-order valence-corrected chi connectivity index (χ3v) is 4.58. The molecular weight excluding hydrogens is 370 g/mol. The molecule has 156 valence electrons. The van der Waals surface area contributed by atoms with Crippen LogP contribution in [0.4, 0.5) is 5.69 Å². The van der Waals surface area contributed by atoms with Crippen LogP contribution in [0.1, 0.15) is 44.2 Å². The van der Waals surface area contributed by atoms with Crippen molar-refractivity contribution in [2.24, 2.45) is 0 Å². The highest BCUT2D eigenvalue weighted by Crippen LogP contribution is 2.28. The van der Waals surface area contributed by atoms with Crippen LogP contribution in [-0.2, 0) is 20.7 Å². The molecule has 1 amide bonds. The van der Waals surface area contributed by atoms with Gasteiger partial charge in [0.2, 0.25) is 0 Å². The largest absolute Gasteiger partial charge is 0.493 e. The number of aryl methyl sites for hydroxylation is 1. The SMILES string of the molecule is COc1ccc(CCC(=O)O[C@@H](C)C(=O)Nc2ccccc2C(C)C)cc1OC. The molecular formula is C23H29NO5. The Hall–Kier alpha value is -3.02. The Morgan fingerprint density at radius 2 is 1.66 bits per heavy atom. The first kappa shape index (κ1) is 22.3. The number of esters is 1.